The van der Waals surface area contributed by atoms with Crippen molar-refractivity contribution in [3.63, 3.8) is 0 Å². The van der Waals surface area contributed by atoms with Gasteiger partial charge in [-0.15, -0.1) is 0 Å². The molecule has 0 saturated heterocycles. The molecule has 2 aromatic carbocycles. The van der Waals surface area contributed by atoms with Crippen molar-refractivity contribution in [3.8, 4) is 5.75 Å². The third-order valence-corrected chi connectivity index (χ3v) is 5.74. The predicted octanol–water partition coefficient (Wildman–Crippen LogP) is 5.07. The van der Waals surface area contributed by atoms with Crippen molar-refractivity contribution >= 4 is 13.3 Å². The van der Waals surface area contributed by atoms with Crippen LogP contribution in [0.1, 0.15) is 25.2 Å². The number of anilines is 1. The summed E-state index contributed by atoms with van der Waals surface area (Å²) in [4.78, 5) is 0. The monoisotopic (exact) mass is 349 g/mol. The highest BCUT2D eigenvalue weighted by atomic mass is 31.2. The van der Waals surface area contributed by atoms with Crippen LogP contribution in [-0.2, 0) is 13.6 Å². The summed E-state index contributed by atoms with van der Waals surface area (Å²) < 4.78 is 29.6. The van der Waals surface area contributed by atoms with Gasteiger partial charge in [0.1, 0.15) is 5.75 Å². The minimum absolute atomic E-state index is 0.310. The highest BCUT2D eigenvalue weighted by Crippen LogP contribution is 2.60. The van der Waals surface area contributed by atoms with Crippen LogP contribution in [0.5, 0.6) is 5.75 Å². The van der Waals surface area contributed by atoms with E-state index in [-0.39, 0.29) is 0 Å². The number of nitrogens with one attached hydrogen (secondary N) is 1. The second kappa shape index (κ2) is 8.88. The van der Waals surface area contributed by atoms with E-state index in [0.717, 1.165) is 17.0 Å². The fourth-order valence-corrected chi connectivity index (χ4v) is 4.31. The van der Waals surface area contributed by atoms with Gasteiger partial charge in [0, 0.05) is 5.69 Å². The Hall–Kier alpha value is -1.81. The summed E-state index contributed by atoms with van der Waals surface area (Å²) in [5.41, 5.74) is 1.66. The maximum absolute atomic E-state index is 13.3. The highest BCUT2D eigenvalue weighted by Gasteiger charge is 2.36. The van der Waals surface area contributed by atoms with Gasteiger partial charge in [0.15, 0.2) is 5.78 Å². The van der Waals surface area contributed by atoms with Crippen molar-refractivity contribution in [1.82, 2.24) is 0 Å². The molecule has 0 saturated carbocycles. The summed E-state index contributed by atoms with van der Waals surface area (Å²) >= 11 is 0. The van der Waals surface area contributed by atoms with Crippen LogP contribution in [0.2, 0.25) is 0 Å². The van der Waals surface area contributed by atoms with Gasteiger partial charge in [-0.3, -0.25) is 4.57 Å². The van der Waals surface area contributed by atoms with E-state index in [1.165, 1.54) is 0 Å². The third-order valence-electron chi connectivity index (χ3n) is 3.44. The maximum atomic E-state index is 13.3. The smallest absolute Gasteiger partial charge is 0.357 e. The Morgan fingerprint density at radius 1 is 0.958 bits per heavy atom. The van der Waals surface area contributed by atoms with Crippen LogP contribution in [0.15, 0.2) is 54.6 Å². The Morgan fingerprint density at radius 3 is 2.04 bits per heavy atom. The molecule has 0 aromatic heterocycles. The number of hydrogen-bond donors (Lipinski definition) is 1. The van der Waals surface area contributed by atoms with Crippen LogP contribution >= 0.6 is 7.60 Å². The molecule has 1 N–H and O–H groups in total. The maximum Gasteiger partial charge on any atom is 0.357 e. The molecule has 0 bridgehead atoms. The van der Waals surface area contributed by atoms with E-state index in [1.54, 1.807) is 21.0 Å². The van der Waals surface area contributed by atoms with Crippen molar-refractivity contribution in [1.29, 1.82) is 0 Å². The molecule has 1 unspecified atom stereocenters. The molecule has 1 atom stereocenters. The molecule has 0 heterocycles. The second-order valence-electron chi connectivity index (χ2n) is 5.06. The predicted molar refractivity (Wildman–Crippen MR) is 96.7 cm³/mol. The van der Waals surface area contributed by atoms with E-state index in [0.29, 0.717) is 13.2 Å². The molecule has 0 amide bonds. The Balaban J connectivity index is 2.36. The van der Waals surface area contributed by atoms with Gasteiger partial charge in [-0.05, 0) is 43.7 Å². The molecular weight excluding hydrogens is 325 g/mol. The van der Waals surface area contributed by atoms with Gasteiger partial charge in [0.25, 0.3) is 0 Å². The minimum Gasteiger partial charge on any atom is -0.497 e. The zero-order valence-electron chi connectivity index (χ0n) is 14.3. The second-order valence-corrected chi connectivity index (χ2v) is 7.17. The average molecular weight is 349 g/mol. The number of methoxy groups -OCH3 is 1. The van der Waals surface area contributed by atoms with E-state index >= 15 is 0 Å². The Labute approximate surface area is 143 Å². The Morgan fingerprint density at radius 2 is 1.54 bits per heavy atom. The van der Waals surface area contributed by atoms with Crippen LogP contribution in [0.4, 0.5) is 5.69 Å². The molecule has 0 aliphatic heterocycles. The van der Waals surface area contributed by atoms with Crippen LogP contribution < -0.4 is 10.1 Å². The van der Waals surface area contributed by atoms with Gasteiger partial charge in [-0.25, -0.2) is 0 Å². The molecule has 0 radical (unpaired) electrons. The number of ether oxygens (including phenoxy) is 1. The normalized spacial score (nSPS) is 12.6. The van der Waals surface area contributed by atoms with Crippen molar-refractivity contribution in [3.05, 3.63) is 60.2 Å². The van der Waals surface area contributed by atoms with E-state index in [1.807, 2.05) is 54.6 Å². The van der Waals surface area contributed by atoms with Crippen molar-refractivity contribution < 1.29 is 18.3 Å². The molecule has 6 heteroatoms. The molecule has 0 aliphatic carbocycles. The third kappa shape index (κ3) is 4.60. The minimum atomic E-state index is -3.38. The van der Waals surface area contributed by atoms with Gasteiger partial charge >= 0.3 is 7.60 Å². The summed E-state index contributed by atoms with van der Waals surface area (Å²) in [6, 6.07) is 17.0. The molecule has 0 spiro atoms. The summed E-state index contributed by atoms with van der Waals surface area (Å²) in [6.07, 6.45) is 0. The lowest BCUT2D eigenvalue weighted by Gasteiger charge is -2.28. The van der Waals surface area contributed by atoms with E-state index in [4.69, 9.17) is 13.8 Å². The standard InChI is InChI=1S/C18H24NO4P/c1-4-22-24(20,23-5-2)18(15-9-7-6-8-10-15)19-16-11-13-17(21-3)14-12-16/h6-14,18-19H,4-5H2,1-3H3. The van der Waals surface area contributed by atoms with E-state index in [2.05, 4.69) is 5.32 Å². The zero-order valence-corrected chi connectivity index (χ0v) is 15.2. The SMILES string of the molecule is CCOP(=O)(OCC)C(Nc1ccc(OC)cc1)c1ccccc1. The Bertz CT molecular complexity index is 650. The largest absolute Gasteiger partial charge is 0.497 e. The van der Waals surface area contributed by atoms with Gasteiger partial charge in [0.05, 0.1) is 20.3 Å². The molecule has 2 aromatic rings. The summed E-state index contributed by atoms with van der Waals surface area (Å²) in [5, 5.41) is 3.29. The number of rotatable bonds is 9. The van der Waals surface area contributed by atoms with Crippen LogP contribution in [0, 0.1) is 0 Å². The molecule has 5 nitrogen and oxygen atoms in total. The Kier molecular flexibility index (Phi) is 6.85. The first kappa shape index (κ1) is 18.5. The lowest BCUT2D eigenvalue weighted by molar-refractivity contribution is 0.214. The molecule has 130 valence electrons. The first-order chi connectivity index (χ1) is 11.6. The summed E-state index contributed by atoms with van der Waals surface area (Å²) in [7, 11) is -1.76. The molecule has 2 rings (SSSR count). The molecule has 24 heavy (non-hydrogen) atoms. The number of benzene rings is 2. The van der Waals surface area contributed by atoms with Crippen molar-refractivity contribution in [2.24, 2.45) is 0 Å². The van der Waals surface area contributed by atoms with E-state index < -0.39 is 13.4 Å². The van der Waals surface area contributed by atoms with Gasteiger partial charge in [-0.1, -0.05) is 30.3 Å². The number of hydrogen-bond acceptors (Lipinski definition) is 5. The van der Waals surface area contributed by atoms with Gasteiger partial charge in [-0.2, -0.15) is 0 Å². The van der Waals surface area contributed by atoms with Gasteiger partial charge < -0.3 is 19.1 Å². The first-order valence-corrected chi connectivity index (χ1v) is 9.58. The first-order valence-electron chi connectivity index (χ1n) is 7.97. The van der Waals surface area contributed by atoms with E-state index in [9.17, 15) is 4.57 Å². The fraction of sp³-hybridized carbons (Fsp3) is 0.333. The van der Waals surface area contributed by atoms with Crippen molar-refractivity contribution in [2.45, 2.75) is 19.6 Å². The lowest BCUT2D eigenvalue weighted by atomic mass is 10.2. The summed E-state index contributed by atoms with van der Waals surface area (Å²) in [6.45, 7) is 4.23. The van der Waals surface area contributed by atoms with Crippen LogP contribution in [-0.4, -0.2) is 20.3 Å². The molecule has 0 aliphatic rings. The average Bonchev–Trinajstić information content (AvgIpc) is 2.61. The van der Waals surface area contributed by atoms with Gasteiger partial charge in [0.2, 0.25) is 0 Å². The quantitative estimate of drug-likeness (QED) is 0.640. The van der Waals surface area contributed by atoms with Crippen molar-refractivity contribution in [2.75, 3.05) is 25.6 Å². The summed E-state index contributed by atoms with van der Waals surface area (Å²) in [5.74, 6) is 0.168. The van der Waals surface area contributed by atoms with Crippen LogP contribution in [0.3, 0.4) is 0 Å². The molecular formula is C18H24NO4P. The highest BCUT2D eigenvalue weighted by molar-refractivity contribution is 7.54. The lowest BCUT2D eigenvalue weighted by Crippen LogP contribution is -2.15. The topological polar surface area (TPSA) is 56.8 Å². The fourth-order valence-electron chi connectivity index (χ4n) is 2.37. The zero-order chi connectivity index (χ0) is 17.4. The van der Waals surface area contributed by atoms with Crippen LogP contribution in [0.25, 0.3) is 0 Å². The molecule has 0 fully saturated rings.